The molecule has 0 bridgehead atoms. The van der Waals surface area contributed by atoms with Crippen LogP contribution in [0.2, 0.25) is 0 Å². The summed E-state index contributed by atoms with van der Waals surface area (Å²) in [6, 6.07) is 6.94. The highest BCUT2D eigenvalue weighted by Gasteiger charge is 2.32. The second kappa shape index (κ2) is 6.90. The molecule has 1 aromatic carbocycles. The molecule has 1 fully saturated rings. The van der Waals surface area contributed by atoms with Crippen LogP contribution in [-0.4, -0.2) is 37.5 Å². The summed E-state index contributed by atoms with van der Waals surface area (Å²) in [5.74, 6) is 0.409. The molecule has 0 amide bonds. The lowest BCUT2D eigenvalue weighted by atomic mass is 9.86. The molecule has 1 N–H and O–H groups in total. The summed E-state index contributed by atoms with van der Waals surface area (Å²) in [5.41, 5.74) is 0.949. The molecule has 0 saturated heterocycles. The second-order valence-electron chi connectivity index (χ2n) is 5.97. The molecule has 0 spiro atoms. The monoisotopic (exact) mass is 311 g/mol. The van der Waals surface area contributed by atoms with E-state index in [1.54, 1.807) is 35.6 Å². The summed E-state index contributed by atoms with van der Waals surface area (Å²) in [5, 5.41) is 8.91. The van der Waals surface area contributed by atoms with Gasteiger partial charge >= 0.3 is 0 Å². The summed E-state index contributed by atoms with van der Waals surface area (Å²) in [7, 11) is -1.73. The Balaban J connectivity index is 2.19. The van der Waals surface area contributed by atoms with E-state index in [1.807, 2.05) is 0 Å². The predicted molar refractivity (Wildman–Crippen MR) is 83.6 cm³/mol. The summed E-state index contributed by atoms with van der Waals surface area (Å²) >= 11 is 0. The molecule has 0 heterocycles. The van der Waals surface area contributed by atoms with Gasteiger partial charge in [0.15, 0.2) is 0 Å². The minimum Gasteiger partial charge on any atom is -0.396 e. The van der Waals surface area contributed by atoms with Crippen molar-refractivity contribution < 1.29 is 13.5 Å². The second-order valence-corrected chi connectivity index (χ2v) is 7.97. The number of rotatable bonds is 5. The van der Waals surface area contributed by atoms with Gasteiger partial charge in [0.05, 0.1) is 4.90 Å². The van der Waals surface area contributed by atoms with Crippen LogP contribution in [0.25, 0.3) is 0 Å². The Hall–Kier alpha value is -0.910. The third-order valence-electron chi connectivity index (χ3n) is 4.53. The molecule has 1 aliphatic rings. The van der Waals surface area contributed by atoms with E-state index in [0.29, 0.717) is 17.2 Å². The highest BCUT2D eigenvalue weighted by atomic mass is 32.2. The molecule has 118 valence electrons. The number of sulfonamides is 1. The largest absolute Gasteiger partial charge is 0.396 e. The van der Waals surface area contributed by atoms with E-state index in [2.05, 4.69) is 6.92 Å². The topological polar surface area (TPSA) is 57.6 Å². The van der Waals surface area contributed by atoms with Crippen molar-refractivity contribution in [2.24, 2.45) is 5.92 Å². The van der Waals surface area contributed by atoms with Gasteiger partial charge < -0.3 is 5.11 Å². The molecule has 4 nitrogen and oxygen atoms in total. The van der Waals surface area contributed by atoms with E-state index in [1.165, 1.54) is 6.42 Å². The Morgan fingerprint density at radius 1 is 1.19 bits per heavy atom. The standard InChI is InChI=1S/C16H25NO3S/c1-13-5-3-4-6-16(13)17(2)21(19,20)15-9-7-14(8-10-15)11-12-18/h7-10,13,16,18H,3-6,11-12H2,1-2H3. The Morgan fingerprint density at radius 3 is 2.38 bits per heavy atom. The summed E-state index contributed by atoms with van der Waals surface area (Å²) in [4.78, 5) is 0.337. The molecule has 1 aromatic rings. The quantitative estimate of drug-likeness (QED) is 0.908. The zero-order valence-electron chi connectivity index (χ0n) is 12.8. The van der Waals surface area contributed by atoms with Crippen LogP contribution in [0.4, 0.5) is 0 Å². The lowest BCUT2D eigenvalue weighted by Crippen LogP contribution is -2.42. The number of nitrogens with zero attached hydrogens (tertiary/aromatic N) is 1. The van der Waals surface area contributed by atoms with Crippen molar-refractivity contribution in [3.05, 3.63) is 29.8 Å². The normalized spacial score (nSPS) is 23.4. The van der Waals surface area contributed by atoms with Gasteiger partial charge in [0.25, 0.3) is 0 Å². The van der Waals surface area contributed by atoms with E-state index in [9.17, 15) is 8.42 Å². The van der Waals surface area contributed by atoms with Crippen molar-refractivity contribution in [3.8, 4) is 0 Å². The molecule has 0 aromatic heterocycles. The first-order chi connectivity index (χ1) is 9.96. The van der Waals surface area contributed by atoms with Crippen molar-refractivity contribution in [2.45, 2.75) is 50.0 Å². The fourth-order valence-electron chi connectivity index (χ4n) is 3.14. The number of hydrogen-bond acceptors (Lipinski definition) is 3. The van der Waals surface area contributed by atoms with Crippen LogP contribution >= 0.6 is 0 Å². The van der Waals surface area contributed by atoms with Gasteiger partial charge in [-0.3, -0.25) is 0 Å². The average Bonchev–Trinajstić information content (AvgIpc) is 2.48. The van der Waals surface area contributed by atoms with Crippen LogP contribution in [0.3, 0.4) is 0 Å². The first-order valence-electron chi connectivity index (χ1n) is 7.64. The zero-order valence-corrected chi connectivity index (χ0v) is 13.6. The van der Waals surface area contributed by atoms with Crippen LogP contribution in [0, 0.1) is 5.92 Å². The molecule has 0 radical (unpaired) electrons. The maximum absolute atomic E-state index is 12.7. The zero-order chi connectivity index (χ0) is 15.5. The fraction of sp³-hybridized carbons (Fsp3) is 0.625. The number of aliphatic hydroxyl groups is 1. The molecular formula is C16H25NO3S. The first-order valence-corrected chi connectivity index (χ1v) is 9.08. The minimum atomic E-state index is -3.43. The summed E-state index contributed by atoms with van der Waals surface area (Å²) < 4.78 is 27.0. The van der Waals surface area contributed by atoms with Gasteiger partial charge in [-0.1, -0.05) is 31.9 Å². The molecular weight excluding hydrogens is 286 g/mol. The van der Waals surface area contributed by atoms with Gasteiger partial charge in [0.2, 0.25) is 10.0 Å². The fourth-order valence-corrected chi connectivity index (χ4v) is 4.62. The smallest absolute Gasteiger partial charge is 0.243 e. The Morgan fingerprint density at radius 2 is 1.81 bits per heavy atom. The number of benzene rings is 1. The molecule has 21 heavy (non-hydrogen) atoms. The van der Waals surface area contributed by atoms with Gasteiger partial charge in [0.1, 0.15) is 0 Å². The lowest BCUT2D eigenvalue weighted by Gasteiger charge is -2.35. The van der Waals surface area contributed by atoms with E-state index in [4.69, 9.17) is 5.11 Å². The van der Waals surface area contributed by atoms with Crippen molar-refractivity contribution in [1.82, 2.24) is 4.31 Å². The molecule has 2 rings (SSSR count). The minimum absolute atomic E-state index is 0.0750. The maximum Gasteiger partial charge on any atom is 0.243 e. The van der Waals surface area contributed by atoms with E-state index in [0.717, 1.165) is 24.8 Å². The third-order valence-corrected chi connectivity index (χ3v) is 6.43. The first kappa shape index (κ1) is 16.5. The molecule has 5 heteroatoms. The average molecular weight is 311 g/mol. The Bertz CT molecular complexity index is 553. The van der Waals surface area contributed by atoms with Gasteiger partial charge in [-0.15, -0.1) is 0 Å². The Kier molecular flexibility index (Phi) is 5.41. The number of aliphatic hydroxyl groups excluding tert-OH is 1. The van der Waals surface area contributed by atoms with Crippen LogP contribution in [0.15, 0.2) is 29.2 Å². The molecule has 1 aliphatic carbocycles. The summed E-state index contributed by atoms with van der Waals surface area (Å²) in [6.07, 6.45) is 4.89. The number of hydrogen-bond donors (Lipinski definition) is 1. The van der Waals surface area contributed by atoms with Crippen molar-refractivity contribution in [3.63, 3.8) is 0 Å². The van der Waals surface area contributed by atoms with Crippen LogP contribution in [-0.2, 0) is 16.4 Å². The van der Waals surface area contributed by atoms with Gasteiger partial charge in [0, 0.05) is 19.7 Å². The SMILES string of the molecule is CC1CCCCC1N(C)S(=O)(=O)c1ccc(CCO)cc1. The van der Waals surface area contributed by atoms with Crippen LogP contribution in [0.1, 0.15) is 38.2 Å². The van der Waals surface area contributed by atoms with Crippen molar-refractivity contribution in [1.29, 1.82) is 0 Å². The predicted octanol–water partition coefficient (Wildman–Crippen LogP) is 2.42. The molecule has 1 saturated carbocycles. The van der Waals surface area contributed by atoms with E-state index < -0.39 is 10.0 Å². The van der Waals surface area contributed by atoms with Gasteiger partial charge in [-0.2, -0.15) is 4.31 Å². The third kappa shape index (κ3) is 3.65. The highest BCUT2D eigenvalue weighted by Crippen LogP contribution is 2.30. The summed E-state index contributed by atoms with van der Waals surface area (Å²) in [6.45, 7) is 2.21. The maximum atomic E-state index is 12.7. The molecule has 2 unspecified atom stereocenters. The van der Waals surface area contributed by atoms with Gasteiger partial charge in [-0.05, 0) is 42.9 Å². The van der Waals surface area contributed by atoms with E-state index >= 15 is 0 Å². The van der Waals surface area contributed by atoms with Gasteiger partial charge in [-0.25, -0.2) is 8.42 Å². The van der Waals surface area contributed by atoms with E-state index in [-0.39, 0.29) is 12.6 Å². The van der Waals surface area contributed by atoms with Crippen LogP contribution < -0.4 is 0 Å². The Labute approximate surface area is 127 Å². The van der Waals surface area contributed by atoms with Crippen molar-refractivity contribution >= 4 is 10.0 Å². The van der Waals surface area contributed by atoms with Crippen molar-refractivity contribution in [2.75, 3.05) is 13.7 Å². The molecule has 2 atom stereocenters. The highest BCUT2D eigenvalue weighted by molar-refractivity contribution is 7.89. The lowest BCUT2D eigenvalue weighted by molar-refractivity contribution is 0.213. The van der Waals surface area contributed by atoms with Crippen LogP contribution in [0.5, 0.6) is 0 Å². The molecule has 0 aliphatic heterocycles.